The van der Waals surface area contributed by atoms with Crippen molar-refractivity contribution < 1.29 is 4.79 Å². The van der Waals surface area contributed by atoms with Gasteiger partial charge in [-0.15, -0.1) is 0 Å². The van der Waals surface area contributed by atoms with Crippen molar-refractivity contribution in [2.24, 2.45) is 11.7 Å². The molecule has 1 aromatic carbocycles. The Morgan fingerprint density at radius 3 is 2.79 bits per heavy atom. The number of hydrogen-bond acceptors (Lipinski definition) is 2. The van der Waals surface area contributed by atoms with Crippen molar-refractivity contribution in [3.8, 4) is 0 Å². The van der Waals surface area contributed by atoms with Gasteiger partial charge in [-0.3, -0.25) is 4.79 Å². The quantitative estimate of drug-likeness (QED) is 0.855. The summed E-state index contributed by atoms with van der Waals surface area (Å²) in [5.41, 5.74) is 7.01. The highest BCUT2D eigenvalue weighted by Gasteiger charge is 2.19. The third-order valence-electron chi connectivity index (χ3n) is 4.20. The number of amides is 1. The summed E-state index contributed by atoms with van der Waals surface area (Å²) in [7, 11) is 0. The summed E-state index contributed by atoms with van der Waals surface area (Å²) < 4.78 is 0. The van der Waals surface area contributed by atoms with E-state index in [0.29, 0.717) is 11.6 Å². The maximum absolute atomic E-state index is 11.1. The van der Waals surface area contributed by atoms with Crippen LogP contribution in [-0.4, -0.2) is 11.9 Å². The van der Waals surface area contributed by atoms with E-state index >= 15 is 0 Å². The molecule has 3 heteroatoms. The average molecular weight is 260 g/mol. The van der Waals surface area contributed by atoms with Gasteiger partial charge in [-0.2, -0.15) is 0 Å². The first-order valence-electron chi connectivity index (χ1n) is 7.29. The van der Waals surface area contributed by atoms with Crippen molar-refractivity contribution in [2.45, 2.75) is 51.6 Å². The largest absolute Gasteiger partial charge is 0.366 e. The fourth-order valence-electron chi connectivity index (χ4n) is 2.91. The van der Waals surface area contributed by atoms with Gasteiger partial charge < -0.3 is 11.1 Å². The highest BCUT2D eigenvalue weighted by Crippen LogP contribution is 2.26. The number of carbonyl (C=O) groups is 1. The van der Waals surface area contributed by atoms with Crippen LogP contribution < -0.4 is 11.1 Å². The van der Waals surface area contributed by atoms with Crippen molar-refractivity contribution >= 4 is 5.91 Å². The Balaban J connectivity index is 1.87. The molecule has 0 saturated heterocycles. The zero-order valence-electron chi connectivity index (χ0n) is 11.7. The smallest absolute Gasteiger partial charge is 0.248 e. The molecule has 104 valence electrons. The van der Waals surface area contributed by atoms with Crippen LogP contribution in [0.25, 0.3) is 0 Å². The minimum absolute atomic E-state index is 0.359. The van der Waals surface area contributed by atoms with Gasteiger partial charge in [0.2, 0.25) is 5.91 Å². The molecule has 19 heavy (non-hydrogen) atoms. The van der Waals surface area contributed by atoms with Gasteiger partial charge in [0.1, 0.15) is 0 Å². The molecule has 0 bridgehead atoms. The highest BCUT2D eigenvalue weighted by molar-refractivity contribution is 5.92. The van der Waals surface area contributed by atoms with E-state index in [1.807, 2.05) is 18.2 Å². The van der Waals surface area contributed by atoms with Crippen LogP contribution in [-0.2, 0) is 6.54 Å². The number of primary amides is 1. The Morgan fingerprint density at radius 2 is 2.11 bits per heavy atom. The third-order valence-corrected chi connectivity index (χ3v) is 4.20. The monoisotopic (exact) mass is 260 g/mol. The molecule has 1 atom stereocenters. The summed E-state index contributed by atoms with van der Waals surface area (Å²) in [4.78, 5) is 11.1. The van der Waals surface area contributed by atoms with Crippen LogP contribution in [0.5, 0.6) is 0 Å². The molecule has 1 fully saturated rings. The molecule has 0 unspecified atom stereocenters. The summed E-state index contributed by atoms with van der Waals surface area (Å²) in [5.74, 6) is 0.440. The van der Waals surface area contributed by atoms with Crippen molar-refractivity contribution in [3.05, 3.63) is 35.4 Å². The average Bonchev–Trinajstić information content (AvgIpc) is 2.46. The van der Waals surface area contributed by atoms with E-state index in [9.17, 15) is 4.79 Å². The third kappa shape index (κ3) is 4.06. The summed E-state index contributed by atoms with van der Waals surface area (Å²) in [5, 5.41) is 3.58. The van der Waals surface area contributed by atoms with Crippen LogP contribution in [0.15, 0.2) is 24.3 Å². The van der Waals surface area contributed by atoms with Crippen molar-refractivity contribution in [3.63, 3.8) is 0 Å². The lowest BCUT2D eigenvalue weighted by atomic mass is 9.84. The zero-order chi connectivity index (χ0) is 13.7. The lowest BCUT2D eigenvalue weighted by Crippen LogP contribution is -2.34. The van der Waals surface area contributed by atoms with E-state index in [1.54, 1.807) is 6.07 Å². The van der Waals surface area contributed by atoms with Crippen LogP contribution in [0.2, 0.25) is 0 Å². The molecule has 2 rings (SSSR count). The second kappa shape index (κ2) is 6.71. The van der Waals surface area contributed by atoms with E-state index in [-0.39, 0.29) is 5.91 Å². The molecule has 0 spiro atoms. The molecule has 0 radical (unpaired) electrons. The number of hydrogen-bond donors (Lipinski definition) is 2. The predicted octanol–water partition coefficient (Wildman–Crippen LogP) is 2.84. The Morgan fingerprint density at radius 1 is 1.37 bits per heavy atom. The molecule has 1 aliphatic rings. The second-order valence-electron chi connectivity index (χ2n) is 5.63. The van der Waals surface area contributed by atoms with Crippen LogP contribution >= 0.6 is 0 Å². The van der Waals surface area contributed by atoms with E-state index in [4.69, 9.17) is 5.73 Å². The molecule has 3 N–H and O–H groups in total. The van der Waals surface area contributed by atoms with Gasteiger partial charge >= 0.3 is 0 Å². The van der Waals surface area contributed by atoms with Crippen LogP contribution in [0.4, 0.5) is 0 Å². The van der Waals surface area contributed by atoms with Crippen LogP contribution in [0.1, 0.15) is 54.9 Å². The molecule has 0 aliphatic heterocycles. The van der Waals surface area contributed by atoms with Gasteiger partial charge in [0, 0.05) is 18.2 Å². The molecule has 1 aromatic rings. The standard InChI is InChI=1S/C16H24N2O/c1-12(14-7-3-2-4-8-14)18-11-13-6-5-9-15(10-13)16(17)19/h5-6,9-10,12,14,18H,2-4,7-8,11H2,1H3,(H2,17,19)/t12-/m0/s1. The molecule has 1 amide bonds. The normalized spacial score (nSPS) is 18.2. The Hall–Kier alpha value is -1.35. The number of nitrogens with two attached hydrogens (primary N) is 1. The second-order valence-corrected chi connectivity index (χ2v) is 5.63. The Kier molecular flexibility index (Phi) is 4.97. The van der Waals surface area contributed by atoms with Gasteiger partial charge in [0.25, 0.3) is 0 Å². The maximum Gasteiger partial charge on any atom is 0.248 e. The summed E-state index contributed by atoms with van der Waals surface area (Å²) >= 11 is 0. The summed E-state index contributed by atoms with van der Waals surface area (Å²) in [6, 6.07) is 8.10. The predicted molar refractivity (Wildman–Crippen MR) is 77.8 cm³/mol. The number of rotatable bonds is 5. The number of benzene rings is 1. The molecule has 3 nitrogen and oxygen atoms in total. The first kappa shape index (κ1) is 14.1. The fourth-order valence-corrected chi connectivity index (χ4v) is 2.91. The zero-order valence-corrected chi connectivity index (χ0v) is 11.7. The summed E-state index contributed by atoms with van der Waals surface area (Å²) in [6.07, 6.45) is 6.82. The van der Waals surface area contributed by atoms with Crippen molar-refractivity contribution in [2.75, 3.05) is 0 Å². The Bertz CT molecular complexity index is 425. The Labute approximate surface area is 115 Å². The van der Waals surface area contributed by atoms with Crippen LogP contribution in [0.3, 0.4) is 0 Å². The van der Waals surface area contributed by atoms with Gasteiger partial charge in [-0.05, 0) is 43.4 Å². The minimum atomic E-state index is -0.359. The van der Waals surface area contributed by atoms with Crippen molar-refractivity contribution in [1.82, 2.24) is 5.32 Å². The van der Waals surface area contributed by atoms with Crippen LogP contribution in [0, 0.1) is 5.92 Å². The number of nitrogens with one attached hydrogen (secondary N) is 1. The summed E-state index contributed by atoms with van der Waals surface area (Å²) in [6.45, 7) is 3.08. The molecule has 1 aliphatic carbocycles. The van der Waals surface area contributed by atoms with E-state index < -0.39 is 0 Å². The highest BCUT2D eigenvalue weighted by atomic mass is 16.1. The van der Waals surface area contributed by atoms with Gasteiger partial charge in [-0.25, -0.2) is 0 Å². The molecule has 1 saturated carbocycles. The van der Waals surface area contributed by atoms with Crippen molar-refractivity contribution in [1.29, 1.82) is 0 Å². The number of carbonyl (C=O) groups excluding carboxylic acids is 1. The van der Waals surface area contributed by atoms with Gasteiger partial charge in [-0.1, -0.05) is 31.4 Å². The lowest BCUT2D eigenvalue weighted by molar-refractivity contribution is 0.1000. The maximum atomic E-state index is 11.1. The molecular weight excluding hydrogens is 236 g/mol. The molecule has 0 aromatic heterocycles. The fraction of sp³-hybridized carbons (Fsp3) is 0.562. The van der Waals surface area contributed by atoms with E-state index in [0.717, 1.165) is 18.0 Å². The first-order valence-corrected chi connectivity index (χ1v) is 7.29. The lowest BCUT2D eigenvalue weighted by Gasteiger charge is -2.28. The minimum Gasteiger partial charge on any atom is -0.366 e. The SMILES string of the molecule is C[C@H](NCc1cccc(C(N)=O)c1)C1CCCCC1. The van der Waals surface area contributed by atoms with Gasteiger partial charge in [0.15, 0.2) is 0 Å². The topological polar surface area (TPSA) is 55.1 Å². The van der Waals surface area contributed by atoms with E-state index in [2.05, 4.69) is 12.2 Å². The van der Waals surface area contributed by atoms with Gasteiger partial charge in [0.05, 0.1) is 0 Å². The molecular formula is C16H24N2O. The first-order chi connectivity index (χ1) is 9.16. The molecule has 0 heterocycles. The van der Waals surface area contributed by atoms with E-state index in [1.165, 1.54) is 32.1 Å².